The van der Waals surface area contributed by atoms with Crippen molar-refractivity contribution >= 4 is 17.1 Å². The van der Waals surface area contributed by atoms with Crippen LogP contribution in [0, 0.1) is 0 Å². The zero-order valence-electron chi connectivity index (χ0n) is 39.5. The molecule has 0 aliphatic heterocycles. The standard InChI is InChI=1S/C68H51N/c1-67(2)60-25-15-13-19-52(60)58-40-45(30-39-61(58)67)50-38-37-49(65-63-54-20-8-10-22-56(54)64(66(50)65)57-23-11-9-21-55(57)63)44-28-33-47(34-29-44)69(46-31-26-43(27-32-46)42-16-6-5-7-17-42)48-35-36-53-51-18-12-14-24-59(51)68(3,4)62(53)41-48/h5-41,63-64H,1-4H3. The minimum atomic E-state index is -0.114. The smallest absolute Gasteiger partial charge is 0.0465 e. The second-order valence-electron chi connectivity index (χ2n) is 20.7. The molecule has 0 spiro atoms. The van der Waals surface area contributed by atoms with Crippen molar-refractivity contribution in [1.82, 2.24) is 0 Å². The van der Waals surface area contributed by atoms with Crippen LogP contribution in [-0.4, -0.2) is 0 Å². The third kappa shape index (κ3) is 5.77. The molecule has 15 rings (SSSR count). The van der Waals surface area contributed by atoms with Crippen molar-refractivity contribution < 1.29 is 0 Å². The van der Waals surface area contributed by atoms with Gasteiger partial charge >= 0.3 is 0 Å². The van der Waals surface area contributed by atoms with Gasteiger partial charge in [-0.25, -0.2) is 0 Å². The van der Waals surface area contributed by atoms with E-state index in [0.29, 0.717) is 0 Å². The molecule has 0 heterocycles. The van der Waals surface area contributed by atoms with Crippen LogP contribution in [0.2, 0.25) is 0 Å². The molecule has 0 aromatic heterocycles. The summed E-state index contributed by atoms with van der Waals surface area (Å²) in [6, 6.07) is 84.9. The molecule has 5 aliphatic carbocycles. The molecule has 69 heavy (non-hydrogen) atoms. The van der Waals surface area contributed by atoms with E-state index in [9.17, 15) is 0 Å². The van der Waals surface area contributed by atoms with Crippen LogP contribution in [-0.2, 0) is 10.8 Å². The summed E-state index contributed by atoms with van der Waals surface area (Å²) in [6.07, 6.45) is 0. The average molecular weight is 882 g/mol. The number of fused-ring (bicyclic) bond motifs is 6. The zero-order valence-corrected chi connectivity index (χ0v) is 39.5. The fraction of sp³-hybridized carbons (Fsp3) is 0.118. The summed E-state index contributed by atoms with van der Waals surface area (Å²) in [5, 5.41) is 0. The van der Waals surface area contributed by atoms with Gasteiger partial charge in [-0.15, -0.1) is 0 Å². The average Bonchev–Trinajstić information content (AvgIpc) is 3.77. The highest BCUT2D eigenvalue weighted by molar-refractivity contribution is 5.91. The Hall–Kier alpha value is -8.00. The van der Waals surface area contributed by atoms with E-state index in [0.717, 1.165) is 17.1 Å². The van der Waals surface area contributed by atoms with Crippen LogP contribution < -0.4 is 4.90 Å². The summed E-state index contributed by atoms with van der Waals surface area (Å²) in [7, 11) is 0. The third-order valence-electron chi connectivity index (χ3n) is 16.5. The fourth-order valence-corrected chi connectivity index (χ4v) is 13.2. The molecule has 0 N–H and O–H groups in total. The molecule has 0 amide bonds. The Morgan fingerprint density at radius 2 is 0.667 bits per heavy atom. The highest BCUT2D eigenvalue weighted by Crippen LogP contribution is 2.61. The lowest BCUT2D eigenvalue weighted by Gasteiger charge is -2.44. The summed E-state index contributed by atoms with van der Waals surface area (Å²) in [5.41, 5.74) is 30.4. The van der Waals surface area contributed by atoms with E-state index in [2.05, 4.69) is 257 Å². The van der Waals surface area contributed by atoms with E-state index in [1.54, 1.807) is 0 Å². The van der Waals surface area contributed by atoms with Crippen molar-refractivity contribution in [3.05, 3.63) is 280 Å². The van der Waals surface area contributed by atoms with E-state index >= 15 is 0 Å². The maximum Gasteiger partial charge on any atom is 0.0465 e. The number of nitrogens with zero attached hydrogens (tertiary/aromatic N) is 1. The molecule has 1 heteroatoms. The van der Waals surface area contributed by atoms with E-state index in [-0.39, 0.29) is 22.7 Å². The van der Waals surface area contributed by atoms with Gasteiger partial charge in [0.25, 0.3) is 0 Å². The first-order valence-corrected chi connectivity index (χ1v) is 24.7. The van der Waals surface area contributed by atoms with Gasteiger partial charge < -0.3 is 4.90 Å². The molecule has 328 valence electrons. The summed E-state index contributed by atoms with van der Waals surface area (Å²) < 4.78 is 0. The Kier molecular flexibility index (Phi) is 8.57. The first-order chi connectivity index (χ1) is 33.8. The highest BCUT2D eigenvalue weighted by atomic mass is 15.1. The molecule has 10 aromatic rings. The lowest BCUT2D eigenvalue weighted by atomic mass is 9.58. The quantitative estimate of drug-likeness (QED) is 0.161. The van der Waals surface area contributed by atoms with Crippen LogP contribution in [0.5, 0.6) is 0 Å². The maximum absolute atomic E-state index is 2.49. The number of anilines is 3. The molecule has 0 radical (unpaired) electrons. The van der Waals surface area contributed by atoms with Gasteiger partial charge in [-0.2, -0.15) is 0 Å². The van der Waals surface area contributed by atoms with Crippen molar-refractivity contribution in [3.63, 3.8) is 0 Å². The summed E-state index contributed by atoms with van der Waals surface area (Å²) >= 11 is 0. The monoisotopic (exact) mass is 881 g/mol. The summed E-state index contributed by atoms with van der Waals surface area (Å²) in [6.45, 7) is 9.49. The van der Waals surface area contributed by atoms with Crippen LogP contribution in [0.1, 0.15) is 95.2 Å². The summed E-state index contributed by atoms with van der Waals surface area (Å²) in [4.78, 5) is 2.44. The van der Waals surface area contributed by atoms with Crippen molar-refractivity contribution in [3.8, 4) is 55.6 Å². The van der Waals surface area contributed by atoms with Gasteiger partial charge in [0, 0.05) is 39.7 Å². The van der Waals surface area contributed by atoms with E-state index in [4.69, 9.17) is 0 Å². The molecular formula is C68H51N. The first-order valence-electron chi connectivity index (χ1n) is 24.7. The molecular weight excluding hydrogens is 831 g/mol. The van der Waals surface area contributed by atoms with Gasteiger partial charge in [-0.05, 0) is 154 Å². The second kappa shape index (κ2) is 14.7. The fourth-order valence-electron chi connectivity index (χ4n) is 13.2. The van der Waals surface area contributed by atoms with Crippen molar-refractivity contribution in [1.29, 1.82) is 0 Å². The molecule has 2 bridgehead atoms. The number of rotatable bonds is 6. The Balaban J connectivity index is 0.930. The van der Waals surface area contributed by atoms with Crippen LogP contribution in [0.15, 0.2) is 224 Å². The lowest BCUT2D eigenvalue weighted by molar-refractivity contribution is 0.660. The normalized spacial score (nSPS) is 16.6. The van der Waals surface area contributed by atoms with Gasteiger partial charge in [0.15, 0.2) is 0 Å². The predicted octanol–water partition coefficient (Wildman–Crippen LogP) is 17.8. The minimum absolute atomic E-state index is 0.0406. The van der Waals surface area contributed by atoms with E-state index < -0.39 is 0 Å². The molecule has 0 saturated heterocycles. The third-order valence-corrected chi connectivity index (χ3v) is 16.5. The number of hydrogen-bond donors (Lipinski definition) is 0. The Morgan fingerprint density at radius 1 is 0.275 bits per heavy atom. The van der Waals surface area contributed by atoms with Gasteiger partial charge in [0.2, 0.25) is 0 Å². The van der Waals surface area contributed by atoms with E-state index in [1.165, 1.54) is 111 Å². The number of hydrogen-bond acceptors (Lipinski definition) is 1. The van der Waals surface area contributed by atoms with Gasteiger partial charge in [0.05, 0.1) is 0 Å². The Morgan fingerprint density at radius 3 is 1.25 bits per heavy atom. The number of benzene rings is 10. The second-order valence-corrected chi connectivity index (χ2v) is 20.7. The zero-order chi connectivity index (χ0) is 46.2. The van der Waals surface area contributed by atoms with Crippen molar-refractivity contribution in [2.24, 2.45) is 0 Å². The van der Waals surface area contributed by atoms with Gasteiger partial charge in [-0.3, -0.25) is 0 Å². The Labute approximate surface area is 406 Å². The molecule has 0 fully saturated rings. The molecule has 0 saturated carbocycles. The van der Waals surface area contributed by atoms with Crippen molar-refractivity contribution in [2.45, 2.75) is 50.4 Å². The van der Waals surface area contributed by atoms with Crippen LogP contribution in [0.25, 0.3) is 55.6 Å². The van der Waals surface area contributed by atoms with Crippen LogP contribution in [0.4, 0.5) is 17.1 Å². The van der Waals surface area contributed by atoms with Crippen LogP contribution >= 0.6 is 0 Å². The van der Waals surface area contributed by atoms with Crippen molar-refractivity contribution in [2.75, 3.05) is 4.90 Å². The molecule has 0 unspecified atom stereocenters. The minimum Gasteiger partial charge on any atom is -0.310 e. The maximum atomic E-state index is 2.49. The molecule has 0 atom stereocenters. The SMILES string of the molecule is CC1(C)c2ccccc2-c2cc(-c3ccc(-c4ccc(N(c5ccc(-c6ccccc6)cc5)c5ccc6c(c5)C(C)(C)c5ccccc5-6)cc4)c4c3C3c5ccccc5C4c4ccccc43)ccc21. The first kappa shape index (κ1) is 40.1. The van der Waals surface area contributed by atoms with Gasteiger partial charge in [-0.1, -0.05) is 210 Å². The van der Waals surface area contributed by atoms with E-state index in [1.807, 2.05) is 0 Å². The molecule has 10 aromatic carbocycles. The molecule has 5 aliphatic rings. The largest absolute Gasteiger partial charge is 0.310 e. The lowest BCUT2D eigenvalue weighted by Crippen LogP contribution is -2.28. The Bertz CT molecular complexity index is 3670. The highest BCUT2D eigenvalue weighted by Gasteiger charge is 2.44. The van der Waals surface area contributed by atoms with Crippen LogP contribution in [0.3, 0.4) is 0 Å². The van der Waals surface area contributed by atoms with Gasteiger partial charge in [0.1, 0.15) is 0 Å². The topological polar surface area (TPSA) is 3.24 Å². The summed E-state index contributed by atoms with van der Waals surface area (Å²) in [5.74, 6) is 0.257. The molecule has 1 nitrogen and oxygen atoms in total. The predicted molar refractivity (Wildman–Crippen MR) is 287 cm³/mol.